The Morgan fingerprint density at radius 3 is 2.45 bits per heavy atom. The van der Waals surface area contributed by atoms with Crippen LogP contribution in [-0.4, -0.2) is 19.9 Å². The van der Waals surface area contributed by atoms with Crippen LogP contribution in [0, 0.1) is 5.92 Å². The summed E-state index contributed by atoms with van der Waals surface area (Å²) in [6.45, 7) is 4.29. The average Bonchev–Trinajstić information content (AvgIpc) is 2.72. The monoisotopic (exact) mass is 274 g/mol. The average molecular weight is 274 g/mol. The fraction of sp³-hybridized carbons (Fsp3) is 0.467. The van der Waals surface area contributed by atoms with E-state index in [0.29, 0.717) is 12.3 Å². The Kier molecular flexibility index (Phi) is 4.39. The van der Waals surface area contributed by atoms with Crippen molar-refractivity contribution in [3.05, 3.63) is 41.5 Å². The number of aryl methyl sites for hydroxylation is 1. The van der Waals surface area contributed by atoms with E-state index in [0.717, 1.165) is 23.6 Å². The van der Waals surface area contributed by atoms with Gasteiger partial charge in [0.05, 0.1) is 6.04 Å². The Bertz CT molecular complexity index is 560. The molecule has 2 aromatic rings. The predicted molar refractivity (Wildman–Crippen MR) is 78.3 cm³/mol. The summed E-state index contributed by atoms with van der Waals surface area (Å²) in [6.07, 6.45) is 1.54. The van der Waals surface area contributed by atoms with E-state index in [1.54, 1.807) is 16.8 Å². The van der Waals surface area contributed by atoms with Gasteiger partial charge < -0.3 is 10.8 Å². The third-order valence-electron chi connectivity index (χ3n) is 3.16. The van der Waals surface area contributed by atoms with E-state index in [-0.39, 0.29) is 11.8 Å². The summed E-state index contributed by atoms with van der Waals surface area (Å²) in [5, 5.41) is 13.7. The molecule has 20 heavy (non-hydrogen) atoms. The third-order valence-corrected chi connectivity index (χ3v) is 3.16. The second-order valence-electron chi connectivity index (χ2n) is 5.58. The van der Waals surface area contributed by atoms with Crippen LogP contribution in [0.2, 0.25) is 0 Å². The van der Waals surface area contributed by atoms with Gasteiger partial charge in [0, 0.05) is 13.5 Å². The first kappa shape index (κ1) is 14.5. The fourth-order valence-corrected chi connectivity index (χ4v) is 2.20. The number of phenols is 1. The molecule has 1 aromatic heterocycles. The van der Waals surface area contributed by atoms with Gasteiger partial charge in [0.2, 0.25) is 0 Å². The highest BCUT2D eigenvalue weighted by molar-refractivity contribution is 5.26. The van der Waals surface area contributed by atoms with Gasteiger partial charge >= 0.3 is 0 Å². The lowest BCUT2D eigenvalue weighted by Crippen LogP contribution is -2.18. The molecule has 0 aliphatic heterocycles. The Morgan fingerprint density at radius 2 is 1.85 bits per heavy atom. The molecule has 1 unspecified atom stereocenters. The maximum absolute atomic E-state index is 9.28. The summed E-state index contributed by atoms with van der Waals surface area (Å²) < 4.78 is 1.77. The molecule has 0 aliphatic rings. The van der Waals surface area contributed by atoms with Crippen molar-refractivity contribution in [3.63, 3.8) is 0 Å². The topological polar surface area (TPSA) is 77.0 Å². The van der Waals surface area contributed by atoms with Gasteiger partial charge in [-0.05, 0) is 30.0 Å². The SMILES string of the molecule is CC(C)Cc1nc(C(N)Cc2ccc(O)cc2)n(C)n1. The smallest absolute Gasteiger partial charge is 0.151 e. The van der Waals surface area contributed by atoms with Crippen LogP contribution in [0.5, 0.6) is 5.75 Å². The summed E-state index contributed by atoms with van der Waals surface area (Å²) in [6, 6.07) is 6.89. The zero-order valence-electron chi connectivity index (χ0n) is 12.2. The molecule has 3 N–H and O–H groups in total. The highest BCUT2D eigenvalue weighted by Crippen LogP contribution is 2.17. The van der Waals surface area contributed by atoms with Gasteiger partial charge in [-0.2, -0.15) is 5.10 Å². The van der Waals surface area contributed by atoms with Crippen molar-refractivity contribution in [2.45, 2.75) is 32.7 Å². The summed E-state index contributed by atoms with van der Waals surface area (Å²) in [5.74, 6) is 2.44. The molecule has 0 bridgehead atoms. The quantitative estimate of drug-likeness (QED) is 0.873. The van der Waals surface area contributed by atoms with E-state index in [4.69, 9.17) is 5.73 Å². The van der Waals surface area contributed by atoms with Crippen LogP contribution >= 0.6 is 0 Å². The summed E-state index contributed by atoms with van der Waals surface area (Å²) in [5.41, 5.74) is 7.30. The number of nitrogens with zero attached hydrogens (tertiary/aromatic N) is 3. The van der Waals surface area contributed by atoms with Gasteiger partial charge in [0.25, 0.3) is 0 Å². The molecule has 2 rings (SSSR count). The van der Waals surface area contributed by atoms with Crippen LogP contribution in [-0.2, 0) is 19.9 Å². The molecule has 0 fully saturated rings. The molecule has 0 saturated carbocycles. The summed E-state index contributed by atoms with van der Waals surface area (Å²) >= 11 is 0. The van der Waals surface area contributed by atoms with Crippen molar-refractivity contribution in [1.29, 1.82) is 0 Å². The van der Waals surface area contributed by atoms with Gasteiger partial charge in [-0.25, -0.2) is 4.98 Å². The minimum Gasteiger partial charge on any atom is -0.508 e. The van der Waals surface area contributed by atoms with Gasteiger partial charge in [0.15, 0.2) is 5.82 Å². The van der Waals surface area contributed by atoms with E-state index in [1.165, 1.54) is 0 Å². The van der Waals surface area contributed by atoms with Crippen LogP contribution in [0.1, 0.15) is 37.1 Å². The van der Waals surface area contributed by atoms with Crippen LogP contribution in [0.25, 0.3) is 0 Å². The number of phenolic OH excluding ortho intramolecular Hbond substituents is 1. The first-order valence-electron chi connectivity index (χ1n) is 6.89. The molecule has 108 valence electrons. The van der Waals surface area contributed by atoms with Crippen LogP contribution in [0.15, 0.2) is 24.3 Å². The van der Waals surface area contributed by atoms with E-state index >= 15 is 0 Å². The van der Waals surface area contributed by atoms with Crippen molar-refractivity contribution in [1.82, 2.24) is 14.8 Å². The fourth-order valence-electron chi connectivity index (χ4n) is 2.20. The predicted octanol–water partition coefficient (Wildman–Crippen LogP) is 1.96. The maximum Gasteiger partial charge on any atom is 0.151 e. The van der Waals surface area contributed by atoms with Gasteiger partial charge in [-0.1, -0.05) is 26.0 Å². The lowest BCUT2D eigenvalue weighted by molar-refractivity contribution is 0.475. The second-order valence-corrected chi connectivity index (χ2v) is 5.58. The summed E-state index contributed by atoms with van der Waals surface area (Å²) in [7, 11) is 1.88. The Morgan fingerprint density at radius 1 is 1.20 bits per heavy atom. The lowest BCUT2D eigenvalue weighted by atomic mass is 10.1. The highest BCUT2D eigenvalue weighted by Gasteiger charge is 2.16. The first-order chi connectivity index (χ1) is 9.45. The molecular weight excluding hydrogens is 252 g/mol. The Hall–Kier alpha value is -1.88. The molecule has 5 heteroatoms. The van der Waals surface area contributed by atoms with Crippen molar-refractivity contribution < 1.29 is 5.11 Å². The second kappa shape index (κ2) is 6.05. The number of hydrogen-bond acceptors (Lipinski definition) is 4. The number of aromatic hydroxyl groups is 1. The third kappa shape index (κ3) is 3.57. The van der Waals surface area contributed by atoms with Crippen molar-refractivity contribution >= 4 is 0 Å². The van der Waals surface area contributed by atoms with Crippen LogP contribution in [0.4, 0.5) is 0 Å². The molecular formula is C15H22N4O. The zero-order valence-corrected chi connectivity index (χ0v) is 12.2. The van der Waals surface area contributed by atoms with Crippen molar-refractivity contribution in [2.75, 3.05) is 0 Å². The zero-order chi connectivity index (χ0) is 14.7. The van der Waals surface area contributed by atoms with E-state index in [2.05, 4.69) is 23.9 Å². The molecule has 1 atom stereocenters. The Balaban J connectivity index is 2.10. The number of aromatic nitrogens is 3. The molecule has 0 saturated heterocycles. The largest absolute Gasteiger partial charge is 0.508 e. The molecule has 0 amide bonds. The van der Waals surface area contributed by atoms with Crippen molar-refractivity contribution in [2.24, 2.45) is 18.7 Å². The molecule has 5 nitrogen and oxygen atoms in total. The van der Waals surface area contributed by atoms with Gasteiger partial charge in [-0.15, -0.1) is 0 Å². The minimum atomic E-state index is -0.196. The molecule has 0 radical (unpaired) electrons. The first-order valence-corrected chi connectivity index (χ1v) is 6.89. The van der Waals surface area contributed by atoms with Crippen molar-refractivity contribution in [3.8, 4) is 5.75 Å². The highest BCUT2D eigenvalue weighted by atomic mass is 16.3. The number of nitrogens with two attached hydrogens (primary N) is 1. The maximum atomic E-state index is 9.28. The Labute approximate surface area is 119 Å². The van der Waals surface area contributed by atoms with Gasteiger partial charge in [0.1, 0.15) is 11.6 Å². The number of benzene rings is 1. The van der Waals surface area contributed by atoms with E-state index in [1.807, 2.05) is 19.2 Å². The normalized spacial score (nSPS) is 12.8. The standard InChI is InChI=1S/C15H22N4O/c1-10(2)8-14-17-15(19(3)18-14)13(16)9-11-4-6-12(20)7-5-11/h4-7,10,13,20H,8-9,16H2,1-3H3. The number of rotatable bonds is 5. The molecule has 0 aliphatic carbocycles. The van der Waals surface area contributed by atoms with E-state index < -0.39 is 0 Å². The summed E-state index contributed by atoms with van der Waals surface area (Å²) in [4.78, 5) is 4.54. The van der Waals surface area contributed by atoms with Crippen LogP contribution < -0.4 is 5.73 Å². The number of hydrogen-bond donors (Lipinski definition) is 2. The van der Waals surface area contributed by atoms with E-state index in [9.17, 15) is 5.11 Å². The minimum absolute atomic E-state index is 0.196. The molecule has 0 spiro atoms. The lowest BCUT2D eigenvalue weighted by Gasteiger charge is -2.10. The molecule has 1 aromatic carbocycles. The molecule has 1 heterocycles. The van der Waals surface area contributed by atoms with Gasteiger partial charge in [-0.3, -0.25) is 4.68 Å². The van der Waals surface area contributed by atoms with Crippen LogP contribution in [0.3, 0.4) is 0 Å².